The maximum absolute atomic E-state index is 11.0. The maximum atomic E-state index is 11.0. The Morgan fingerprint density at radius 3 is 2.52 bits per heavy atom. The summed E-state index contributed by atoms with van der Waals surface area (Å²) < 4.78 is 5.90. The zero-order valence-corrected chi connectivity index (χ0v) is 13.0. The summed E-state index contributed by atoms with van der Waals surface area (Å²) in [6.45, 7) is 3.01. The van der Waals surface area contributed by atoms with Crippen LogP contribution in [0.3, 0.4) is 0 Å². The van der Waals surface area contributed by atoms with Gasteiger partial charge in [0.05, 0.1) is 5.56 Å². The van der Waals surface area contributed by atoms with Crippen molar-refractivity contribution in [2.45, 2.75) is 25.5 Å². The van der Waals surface area contributed by atoms with Crippen LogP contribution in [-0.2, 0) is 6.54 Å². The van der Waals surface area contributed by atoms with Gasteiger partial charge in [-0.1, -0.05) is 30.3 Å². The molecule has 3 rings (SSSR count). The van der Waals surface area contributed by atoms with E-state index >= 15 is 0 Å². The number of likely N-dealkylation sites (tertiary alicyclic amines) is 1. The molecule has 1 saturated heterocycles. The molecule has 5 nitrogen and oxygen atoms in total. The van der Waals surface area contributed by atoms with Crippen LogP contribution in [0.1, 0.15) is 28.8 Å². The molecule has 0 spiro atoms. The lowest BCUT2D eigenvalue weighted by Gasteiger charge is -2.31. The SMILES string of the molecule is NC(=O)c1ccc(OC2CCN(Cc3ccccc3)CC2)nc1. The fraction of sp³-hybridized carbons (Fsp3) is 0.333. The predicted octanol–water partition coefficient (Wildman–Crippen LogP) is 2.22. The van der Waals surface area contributed by atoms with E-state index in [9.17, 15) is 4.79 Å². The first-order chi connectivity index (χ1) is 11.2. The van der Waals surface area contributed by atoms with E-state index in [1.807, 2.05) is 6.07 Å². The van der Waals surface area contributed by atoms with Gasteiger partial charge in [-0.25, -0.2) is 4.98 Å². The molecule has 2 heterocycles. The molecule has 1 aromatic carbocycles. The van der Waals surface area contributed by atoms with Gasteiger partial charge in [0, 0.05) is 31.9 Å². The molecule has 0 radical (unpaired) electrons. The van der Waals surface area contributed by atoms with E-state index in [0.29, 0.717) is 11.4 Å². The van der Waals surface area contributed by atoms with Gasteiger partial charge in [0.25, 0.3) is 0 Å². The largest absolute Gasteiger partial charge is 0.474 e. The van der Waals surface area contributed by atoms with Gasteiger partial charge >= 0.3 is 0 Å². The predicted molar refractivity (Wildman–Crippen MR) is 88.1 cm³/mol. The van der Waals surface area contributed by atoms with E-state index in [2.05, 4.69) is 34.1 Å². The number of nitrogens with two attached hydrogens (primary N) is 1. The van der Waals surface area contributed by atoms with Gasteiger partial charge in [-0.3, -0.25) is 9.69 Å². The third-order valence-electron chi connectivity index (χ3n) is 4.09. The Morgan fingerprint density at radius 2 is 1.91 bits per heavy atom. The van der Waals surface area contributed by atoms with Crippen molar-refractivity contribution in [3.05, 3.63) is 59.8 Å². The Labute approximate surface area is 136 Å². The highest BCUT2D eigenvalue weighted by Gasteiger charge is 2.21. The molecule has 0 atom stereocenters. The number of amides is 1. The van der Waals surface area contributed by atoms with E-state index < -0.39 is 5.91 Å². The minimum Gasteiger partial charge on any atom is -0.474 e. The Morgan fingerprint density at radius 1 is 1.17 bits per heavy atom. The molecule has 0 bridgehead atoms. The lowest BCUT2D eigenvalue weighted by atomic mass is 10.1. The van der Waals surface area contributed by atoms with Gasteiger partial charge < -0.3 is 10.5 Å². The van der Waals surface area contributed by atoms with Crippen molar-refractivity contribution >= 4 is 5.91 Å². The summed E-state index contributed by atoms with van der Waals surface area (Å²) in [5.41, 5.74) is 6.94. The highest BCUT2D eigenvalue weighted by atomic mass is 16.5. The Kier molecular flexibility index (Phi) is 4.88. The Bertz CT molecular complexity index is 635. The van der Waals surface area contributed by atoms with Crippen molar-refractivity contribution < 1.29 is 9.53 Å². The third kappa shape index (κ3) is 4.29. The molecule has 1 fully saturated rings. The number of rotatable bonds is 5. The number of piperidine rings is 1. The number of ether oxygens (including phenoxy) is 1. The van der Waals surface area contributed by atoms with Crippen LogP contribution in [0.15, 0.2) is 48.7 Å². The second kappa shape index (κ2) is 7.24. The quantitative estimate of drug-likeness (QED) is 0.919. The molecule has 1 aliphatic heterocycles. The topological polar surface area (TPSA) is 68.5 Å². The third-order valence-corrected chi connectivity index (χ3v) is 4.09. The number of aromatic nitrogens is 1. The molecule has 1 amide bonds. The lowest BCUT2D eigenvalue weighted by Crippen LogP contribution is -2.37. The van der Waals surface area contributed by atoms with Gasteiger partial charge in [-0.15, -0.1) is 0 Å². The monoisotopic (exact) mass is 311 g/mol. The van der Waals surface area contributed by atoms with Gasteiger partial charge in [-0.2, -0.15) is 0 Å². The average Bonchev–Trinajstić information content (AvgIpc) is 2.58. The van der Waals surface area contributed by atoms with E-state index in [0.717, 1.165) is 32.5 Å². The highest BCUT2D eigenvalue weighted by Crippen LogP contribution is 2.19. The van der Waals surface area contributed by atoms with Crippen molar-refractivity contribution in [2.75, 3.05) is 13.1 Å². The van der Waals surface area contributed by atoms with Crippen LogP contribution in [0.2, 0.25) is 0 Å². The van der Waals surface area contributed by atoms with Gasteiger partial charge in [0.1, 0.15) is 6.10 Å². The second-order valence-corrected chi connectivity index (χ2v) is 5.83. The zero-order valence-electron chi connectivity index (χ0n) is 13.0. The second-order valence-electron chi connectivity index (χ2n) is 5.83. The molecule has 2 aromatic rings. The normalized spacial score (nSPS) is 16.2. The number of pyridine rings is 1. The average molecular weight is 311 g/mol. The molecule has 0 aliphatic carbocycles. The Hall–Kier alpha value is -2.40. The number of nitrogens with zero attached hydrogens (tertiary/aromatic N) is 2. The minimum absolute atomic E-state index is 0.175. The lowest BCUT2D eigenvalue weighted by molar-refractivity contribution is 0.0931. The van der Waals surface area contributed by atoms with Crippen LogP contribution in [0, 0.1) is 0 Å². The molecule has 0 unspecified atom stereocenters. The molecule has 23 heavy (non-hydrogen) atoms. The standard InChI is InChI=1S/C18H21N3O2/c19-18(22)15-6-7-17(20-12-15)23-16-8-10-21(11-9-16)13-14-4-2-1-3-5-14/h1-7,12,16H,8-11,13H2,(H2,19,22). The van der Waals surface area contributed by atoms with Crippen molar-refractivity contribution in [1.29, 1.82) is 0 Å². The molecule has 1 aromatic heterocycles. The molecule has 2 N–H and O–H groups in total. The first kappa shape index (κ1) is 15.5. The molecular weight excluding hydrogens is 290 g/mol. The number of primary amides is 1. The molecule has 1 aliphatic rings. The van der Waals surface area contributed by atoms with E-state index in [4.69, 9.17) is 10.5 Å². The van der Waals surface area contributed by atoms with Crippen molar-refractivity contribution in [1.82, 2.24) is 9.88 Å². The molecule has 5 heteroatoms. The van der Waals surface area contributed by atoms with Crippen LogP contribution < -0.4 is 10.5 Å². The number of benzene rings is 1. The Balaban J connectivity index is 1.48. The van der Waals surface area contributed by atoms with Crippen LogP contribution in [0.25, 0.3) is 0 Å². The molecular formula is C18H21N3O2. The first-order valence-corrected chi connectivity index (χ1v) is 7.89. The number of hydrogen-bond acceptors (Lipinski definition) is 4. The maximum Gasteiger partial charge on any atom is 0.250 e. The van der Waals surface area contributed by atoms with Crippen LogP contribution in [0.4, 0.5) is 0 Å². The molecule has 120 valence electrons. The number of hydrogen-bond donors (Lipinski definition) is 1. The highest BCUT2D eigenvalue weighted by molar-refractivity contribution is 5.92. The molecule has 0 saturated carbocycles. The van der Waals surface area contributed by atoms with Gasteiger partial charge in [0.15, 0.2) is 0 Å². The van der Waals surface area contributed by atoms with Crippen molar-refractivity contribution in [2.24, 2.45) is 5.73 Å². The van der Waals surface area contributed by atoms with Gasteiger partial charge in [-0.05, 0) is 24.5 Å². The summed E-state index contributed by atoms with van der Waals surface area (Å²) in [4.78, 5) is 17.6. The van der Waals surface area contributed by atoms with Crippen LogP contribution in [0.5, 0.6) is 5.88 Å². The summed E-state index contributed by atoms with van der Waals surface area (Å²) in [6.07, 6.45) is 3.59. The summed E-state index contributed by atoms with van der Waals surface area (Å²) in [5.74, 6) is 0.0785. The van der Waals surface area contributed by atoms with Crippen LogP contribution >= 0.6 is 0 Å². The summed E-state index contributed by atoms with van der Waals surface area (Å²) >= 11 is 0. The van der Waals surface area contributed by atoms with Crippen molar-refractivity contribution in [3.63, 3.8) is 0 Å². The fourth-order valence-corrected chi connectivity index (χ4v) is 2.79. The van der Waals surface area contributed by atoms with Crippen LogP contribution in [-0.4, -0.2) is 35.0 Å². The number of carbonyl (C=O) groups excluding carboxylic acids is 1. The van der Waals surface area contributed by atoms with Crippen molar-refractivity contribution in [3.8, 4) is 5.88 Å². The van der Waals surface area contributed by atoms with E-state index in [-0.39, 0.29) is 6.10 Å². The summed E-state index contributed by atoms with van der Waals surface area (Å²) in [6, 6.07) is 13.9. The number of carbonyl (C=O) groups is 1. The fourth-order valence-electron chi connectivity index (χ4n) is 2.79. The summed E-state index contributed by atoms with van der Waals surface area (Å²) in [7, 11) is 0. The van der Waals surface area contributed by atoms with E-state index in [1.165, 1.54) is 11.8 Å². The zero-order chi connectivity index (χ0) is 16.1. The summed E-state index contributed by atoms with van der Waals surface area (Å²) in [5, 5.41) is 0. The van der Waals surface area contributed by atoms with E-state index in [1.54, 1.807) is 12.1 Å². The van der Waals surface area contributed by atoms with Gasteiger partial charge in [0.2, 0.25) is 11.8 Å². The first-order valence-electron chi connectivity index (χ1n) is 7.89. The smallest absolute Gasteiger partial charge is 0.250 e. The minimum atomic E-state index is -0.474.